The van der Waals surface area contributed by atoms with E-state index in [2.05, 4.69) is 10.2 Å². The number of ether oxygens (including phenoxy) is 1. The van der Waals surface area contributed by atoms with Crippen molar-refractivity contribution in [3.63, 3.8) is 0 Å². The number of carbonyl (C=O) groups is 1. The van der Waals surface area contributed by atoms with E-state index in [0.29, 0.717) is 12.4 Å². The summed E-state index contributed by atoms with van der Waals surface area (Å²) < 4.78 is 7.18. The van der Waals surface area contributed by atoms with E-state index in [0.717, 1.165) is 23.5 Å². The average molecular weight is 287 g/mol. The molecule has 0 fully saturated rings. The first-order valence-electron chi connectivity index (χ1n) is 7.21. The molecular weight excluding hydrogens is 266 g/mol. The molecule has 0 aliphatic heterocycles. The number of aryl methyl sites for hydroxylation is 2. The Morgan fingerprint density at radius 2 is 1.86 bits per heavy atom. The van der Waals surface area contributed by atoms with Crippen LogP contribution in [0.1, 0.15) is 42.5 Å². The van der Waals surface area contributed by atoms with Crippen LogP contribution in [0.2, 0.25) is 0 Å². The lowest BCUT2D eigenvalue weighted by atomic mass is 9.97. The Kier molecular flexibility index (Phi) is 4.73. The van der Waals surface area contributed by atoms with Crippen LogP contribution in [0.4, 0.5) is 0 Å². The van der Waals surface area contributed by atoms with Crippen LogP contribution in [0.15, 0.2) is 24.3 Å². The second kappa shape index (κ2) is 6.52. The predicted molar refractivity (Wildman–Crippen MR) is 80.1 cm³/mol. The smallest absolute Gasteiger partial charge is 0.321 e. The van der Waals surface area contributed by atoms with Gasteiger partial charge in [0.15, 0.2) is 5.82 Å². The van der Waals surface area contributed by atoms with E-state index in [1.165, 1.54) is 0 Å². The van der Waals surface area contributed by atoms with E-state index in [-0.39, 0.29) is 5.97 Å². The summed E-state index contributed by atoms with van der Waals surface area (Å²) in [6.45, 7) is 8.78. The molecule has 5 heteroatoms. The Bertz CT molecular complexity index is 617. The molecule has 0 saturated heterocycles. The fourth-order valence-electron chi connectivity index (χ4n) is 2.38. The summed E-state index contributed by atoms with van der Waals surface area (Å²) in [5.41, 5.74) is 2.02. The maximum atomic E-state index is 12.4. The van der Waals surface area contributed by atoms with Gasteiger partial charge in [0, 0.05) is 6.54 Å². The second-order valence-electron chi connectivity index (χ2n) is 4.95. The highest BCUT2D eigenvalue weighted by Crippen LogP contribution is 2.26. The van der Waals surface area contributed by atoms with Crippen LogP contribution < -0.4 is 0 Å². The maximum Gasteiger partial charge on any atom is 0.321 e. The zero-order valence-electron chi connectivity index (χ0n) is 13.0. The largest absolute Gasteiger partial charge is 0.465 e. The van der Waals surface area contributed by atoms with Crippen molar-refractivity contribution >= 4 is 5.97 Å². The van der Waals surface area contributed by atoms with Crippen LogP contribution in [0, 0.1) is 13.8 Å². The molecule has 2 aromatic rings. The molecule has 21 heavy (non-hydrogen) atoms. The van der Waals surface area contributed by atoms with Crippen LogP contribution >= 0.6 is 0 Å². The first kappa shape index (κ1) is 15.2. The van der Waals surface area contributed by atoms with Crippen molar-refractivity contribution in [3.8, 4) is 0 Å². The Labute approximate surface area is 125 Å². The summed E-state index contributed by atoms with van der Waals surface area (Å²) in [5.74, 6) is 0.612. The average Bonchev–Trinajstić information content (AvgIpc) is 2.82. The van der Waals surface area contributed by atoms with Gasteiger partial charge in [-0.15, -0.1) is 10.2 Å². The number of carbonyl (C=O) groups excluding carboxylic acids is 1. The van der Waals surface area contributed by atoms with Crippen molar-refractivity contribution in [1.29, 1.82) is 0 Å². The summed E-state index contributed by atoms with van der Waals surface area (Å²) in [4.78, 5) is 12.4. The molecule has 0 radical (unpaired) electrons. The zero-order chi connectivity index (χ0) is 15.4. The van der Waals surface area contributed by atoms with Gasteiger partial charge in [0.1, 0.15) is 11.7 Å². The Hall–Kier alpha value is -2.17. The number of aromatic nitrogens is 3. The molecule has 0 amide bonds. The quantitative estimate of drug-likeness (QED) is 0.793. The summed E-state index contributed by atoms with van der Waals surface area (Å²) in [6, 6.07) is 7.87. The Morgan fingerprint density at radius 1 is 1.19 bits per heavy atom. The minimum Gasteiger partial charge on any atom is -0.465 e. The fraction of sp³-hybridized carbons (Fsp3) is 0.438. The van der Waals surface area contributed by atoms with Gasteiger partial charge in [-0.2, -0.15) is 0 Å². The molecule has 0 aliphatic rings. The van der Waals surface area contributed by atoms with Crippen molar-refractivity contribution in [2.75, 3.05) is 6.61 Å². The van der Waals surface area contributed by atoms with Crippen LogP contribution in [0.5, 0.6) is 0 Å². The van der Waals surface area contributed by atoms with Gasteiger partial charge in [0.2, 0.25) is 0 Å². The van der Waals surface area contributed by atoms with E-state index in [9.17, 15) is 4.79 Å². The van der Waals surface area contributed by atoms with Gasteiger partial charge in [-0.05, 0) is 33.3 Å². The van der Waals surface area contributed by atoms with Crippen molar-refractivity contribution < 1.29 is 9.53 Å². The van der Waals surface area contributed by atoms with Gasteiger partial charge in [0.05, 0.1) is 6.61 Å². The molecule has 1 unspecified atom stereocenters. The lowest BCUT2D eigenvalue weighted by molar-refractivity contribution is -0.144. The molecular formula is C16H21N3O2. The van der Waals surface area contributed by atoms with Crippen molar-refractivity contribution in [2.45, 2.75) is 40.2 Å². The molecule has 0 bridgehead atoms. The third-order valence-electron chi connectivity index (χ3n) is 3.47. The highest BCUT2D eigenvalue weighted by atomic mass is 16.5. The van der Waals surface area contributed by atoms with Crippen LogP contribution in [-0.2, 0) is 16.1 Å². The monoisotopic (exact) mass is 287 g/mol. The van der Waals surface area contributed by atoms with E-state index in [4.69, 9.17) is 4.74 Å². The molecule has 0 saturated carbocycles. The number of hydrogen-bond donors (Lipinski definition) is 0. The lowest BCUT2D eigenvalue weighted by Gasteiger charge is -2.16. The van der Waals surface area contributed by atoms with E-state index in [1.54, 1.807) is 6.92 Å². The highest BCUT2D eigenvalue weighted by Gasteiger charge is 2.29. The topological polar surface area (TPSA) is 57.0 Å². The van der Waals surface area contributed by atoms with Gasteiger partial charge in [-0.1, -0.05) is 29.8 Å². The number of esters is 1. The first-order valence-corrected chi connectivity index (χ1v) is 7.21. The molecule has 2 rings (SSSR count). The normalized spacial score (nSPS) is 12.2. The molecule has 0 spiro atoms. The van der Waals surface area contributed by atoms with Gasteiger partial charge in [-0.25, -0.2) is 0 Å². The highest BCUT2D eigenvalue weighted by molar-refractivity contribution is 5.81. The number of benzene rings is 1. The van der Waals surface area contributed by atoms with Gasteiger partial charge in [0.25, 0.3) is 0 Å². The van der Waals surface area contributed by atoms with E-state index in [1.807, 2.05) is 49.6 Å². The zero-order valence-corrected chi connectivity index (χ0v) is 13.0. The van der Waals surface area contributed by atoms with Gasteiger partial charge >= 0.3 is 5.97 Å². The summed E-state index contributed by atoms with van der Waals surface area (Å²) in [6.07, 6.45) is 0. The molecule has 1 heterocycles. The van der Waals surface area contributed by atoms with Crippen molar-refractivity contribution in [1.82, 2.24) is 14.8 Å². The third-order valence-corrected chi connectivity index (χ3v) is 3.47. The van der Waals surface area contributed by atoms with Gasteiger partial charge in [-0.3, -0.25) is 4.79 Å². The van der Waals surface area contributed by atoms with Crippen molar-refractivity contribution in [3.05, 3.63) is 47.0 Å². The lowest BCUT2D eigenvalue weighted by Crippen LogP contribution is -2.21. The molecule has 5 nitrogen and oxygen atoms in total. The van der Waals surface area contributed by atoms with Gasteiger partial charge < -0.3 is 9.30 Å². The second-order valence-corrected chi connectivity index (χ2v) is 4.95. The van der Waals surface area contributed by atoms with Crippen LogP contribution in [0.25, 0.3) is 0 Å². The first-order chi connectivity index (χ1) is 10.1. The molecule has 112 valence electrons. The molecule has 1 aromatic carbocycles. The standard InChI is InChI=1S/C16H21N3O2/c1-5-19-12(4)17-18-15(19)14(16(20)21-6-2)13-9-7-11(3)8-10-13/h7-10,14H,5-6H2,1-4H3. The predicted octanol–water partition coefficient (Wildman–Crippen LogP) is 2.61. The summed E-state index contributed by atoms with van der Waals surface area (Å²) in [5, 5.41) is 8.30. The number of hydrogen-bond acceptors (Lipinski definition) is 4. The summed E-state index contributed by atoms with van der Waals surface area (Å²) in [7, 11) is 0. The minimum absolute atomic E-state index is 0.288. The minimum atomic E-state index is -0.535. The van der Waals surface area contributed by atoms with Crippen LogP contribution in [-0.4, -0.2) is 27.3 Å². The molecule has 0 N–H and O–H groups in total. The maximum absolute atomic E-state index is 12.4. The fourth-order valence-corrected chi connectivity index (χ4v) is 2.38. The van der Waals surface area contributed by atoms with E-state index >= 15 is 0 Å². The molecule has 0 aliphatic carbocycles. The summed E-state index contributed by atoms with van der Waals surface area (Å²) >= 11 is 0. The Balaban J connectivity index is 2.50. The number of nitrogens with zero attached hydrogens (tertiary/aromatic N) is 3. The third kappa shape index (κ3) is 3.12. The Morgan fingerprint density at radius 3 is 2.43 bits per heavy atom. The van der Waals surface area contributed by atoms with Crippen LogP contribution in [0.3, 0.4) is 0 Å². The SMILES string of the molecule is CCOC(=O)C(c1ccc(C)cc1)c1nnc(C)n1CC. The molecule has 1 aromatic heterocycles. The van der Waals surface area contributed by atoms with E-state index < -0.39 is 5.92 Å². The number of rotatable bonds is 5. The molecule has 1 atom stereocenters. The van der Waals surface area contributed by atoms with Crippen molar-refractivity contribution in [2.24, 2.45) is 0 Å².